The molecular weight excluding hydrogens is 272 g/mol. The summed E-state index contributed by atoms with van der Waals surface area (Å²) < 4.78 is 26.1. The van der Waals surface area contributed by atoms with E-state index in [1.54, 1.807) is 12.1 Å². The van der Waals surface area contributed by atoms with Gasteiger partial charge in [0, 0.05) is 11.7 Å². The Morgan fingerprint density at radius 1 is 1.20 bits per heavy atom. The maximum absolute atomic E-state index is 11.9. The first-order valence-corrected chi connectivity index (χ1v) is 8.73. The molecule has 2 unspecified atom stereocenters. The zero-order valence-corrected chi connectivity index (χ0v) is 13.3. The van der Waals surface area contributed by atoms with E-state index >= 15 is 0 Å². The average Bonchev–Trinajstić information content (AvgIpc) is 2.43. The molecule has 0 spiro atoms. The molecule has 2 atom stereocenters. The van der Waals surface area contributed by atoms with Crippen molar-refractivity contribution >= 4 is 15.7 Å². The van der Waals surface area contributed by atoms with Gasteiger partial charge in [0.2, 0.25) is 10.0 Å². The summed E-state index contributed by atoms with van der Waals surface area (Å²) >= 11 is 0. The molecule has 20 heavy (non-hydrogen) atoms. The van der Waals surface area contributed by atoms with Gasteiger partial charge in [-0.25, -0.2) is 13.1 Å². The molecule has 0 aromatic heterocycles. The van der Waals surface area contributed by atoms with E-state index < -0.39 is 10.0 Å². The van der Waals surface area contributed by atoms with Crippen LogP contribution in [0.5, 0.6) is 0 Å². The second kappa shape index (κ2) is 6.14. The highest BCUT2D eigenvalue weighted by Crippen LogP contribution is 2.29. The molecule has 0 bridgehead atoms. The van der Waals surface area contributed by atoms with Crippen LogP contribution < -0.4 is 10.0 Å². The molecule has 1 aromatic rings. The molecule has 1 aliphatic carbocycles. The number of rotatable bonds is 4. The highest BCUT2D eigenvalue weighted by molar-refractivity contribution is 7.89. The number of hydrogen-bond acceptors (Lipinski definition) is 3. The van der Waals surface area contributed by atoms with Gasteiger partial charge in [0.25, 0.3) is 0 Å². The molecule has 0 amide bonds. The first kappa shape index (κ1) is 15.3. The van der Waals surface area contributed by atoms with E-state index in [0.717, 1.165) is 17.7 Å². The van der Waals surface area contributed by atoms with Crippen molar-refractivity contribution in [3.05, 3.63) is 23.8 Å². The monoisotopic (exact) mass is 296 g/mol. The standard InChI is InChI=1S/C15H24N2O2S/c1-11-6-4-5-7-14(11)17-15-10-13(9-8-12(15)2)20(18,19)16-3/h8-11,14,16-17H,4-7H2,1-3H3. The van der Waals surface area contributed by atoms with Crippen molar-refractivity contribution in [3.63, 3.8) is 0 Å². The minimum atomic E-state index is -3.38. The fraction of sp³-hybridized carbons (Fsp3) is 0.600. The fourth-order valence-corrected chi connectivity index (χ4v) is 3.53. The summed E-state index contributed by atoms with van der Waals surface area (Å²) in [5.41, 5.74) is 2.01. The molecule has 0 saturated heterocycles. The average molecular weight is 296 g/mol. The number of aryl methyl sites for hydroxylation is 1. The summed E-state index contributed by atoms with van der Waals surface area (Å²) in [5, 5.41) is 3.54. The van der Waals surface area contributed by atoms with Crippen molar-refractivity contribution in [2.45, 2.75) is 50.5 Å². The number of sulfonamides is 1. The van der Waals surface area contributed by atoms with E-state index in [1.165, 1.54) is 26.3 Å². The van der Waals surface area contributed by atoms with Gasteiger partial charge >= 0.3 is 0 Å². The van der Waals surface area contributed by atoms with Crippen LogP contribution in [0.4, 0.5) is 5.69 Å². The van der Waals surface area contributed by atoms with E-state index in [0.29, 0.717) is 16.9 Å². The maximum Gasteiger partial charge on any atom is 0.240 e. The van der Waals surface area contributed by atoms with Gasteiger partial charge < -0.3 is 5.32 Å². The molecule has 2 N–H and O–H groups in total. The van der Waals surface area contributed by atoms with Crippen LogP contribution in [0.1, 0.15) is 38.2 Å². The Morgan fingerprint density at radius 2 is 1.90 bits per heavy atom. The number of anilines is 1. The van der Waals surface area contributed by atoms with E-state index in [1.807, 2.05) is 13.0 Å². The maximum atomic E-state index is 11.9. The smallest absolute Gasteiger partial charge is 0.240 e. The van der Waals surface area contributed by atoms with Gasteiger partial charge in [0.1, 0.15) is 0 Å². The molecule has 1 aromatic carbocycles. The van der Waals surface area contributed by atoms with Crippen LogP contribution in [0, 0.1) is 12.8 Å². The van der Waals surface area contributed by atoms with Crippen LogP contribution in [0.3, 0.4) is 0 Å². The Labute approximate surface area is 122 Å². The number of hydrogen-bond donors (Lipinski definition) is 2. The van der Waals surface area contributed by atoms with E-state index in [4.69, 9.17) is 0 Å². The Hall–Kier alpha value is -1.07. The molecule has 1 fully saturated rings. The van der Waals surface area contributed by atoms with Crippen LogP contribution in [-0.4, -0.2) is 21.5 Å². The van der Waals surface area contributed by atoms with Gasteiger partial charge in [-0.1, -0.05) is 25.8 Å². The van der Waals surface area contributed by atoms with Crippen LogP contribution in [0.2, 0.25) is 0 Å². The molecule has 4 nitrogen and oxygen atoms in total. The second-order valence-electron chi connectivity index (χ2n) is 5.70. The SMILES string of the molecule is CNS(=O)(=O)c1ccc(C)c(NC2CCCCC2C)c1. The lowest BCUT2D eigenvalue weighted by molar-refractivity contribution is 0.349. The Bertz CT molecular complexity index is 569. The summed E-state index contributed by atoms with van der Waals surface area (Å²) in [4.78, 5) is 0.316. The first-order valence-electron chi connectivity index (χ1n) is 7.25. The normalized spacial score (nSPS) is 23.6. The molecular formula is C15H24N2O2S. The summed E-state index contributed by atoms with van der Waals surface area (Å²) in [7, 11) is -1.95. The van der Waals surface area contributed by atoms with Gasteiger partial charge in [0.15, 0.2) is 0 Å². The molecule has 2 rings (SSSR count). The summed E-state index contributed by atoms with van der Waals surface area (Å²) in [6, 6.07) is 5.69. The minimum absolute atomic E-state index is 0.316. The van der Waals surface area contributed by atoms with Crippen molar-refractivity contribution < 1.29 is 8.42 Å². The lowest BCUT2D eigenvalue weighted by atomic mass is 9.85. The third-order valence-corrected chi connectivity index (χ3v) is 5.65. The van der Waals surface area contributed by atoms with Crippen molar-refractivity contribution in [1.82, 2.24) is 4.72 Å². The van der Waals surface area contributed by atoms with Gasteiger partial charge in [-0.3, -0.25) is 0 Å². The van der Waals surface area contributed by atoms with Crippen LogP contribution >= 0.6 is 0 Å². The van der Waals surface area contributed by atoms with Gasteiger partial charge in [0.05, 0.1) is 4.90 Å². The third kappa shape index (κ3) is 3.33. The quantitative estimate of drug-likeness (QED) is 0.898. The predicted octanol–water partition coefficient (Wildman–Crippen LogP) is 2.89. The molecule has 112 valence electrons. The van der Waals surface area contributed by atoms with Crippen LogP contribution in [0.15, 0.2) is 23.1 Å². The molecule has 0 radical (unpaired) electrons. The van der Waals surface area contributed by atoms with Gasteiger partial charge in [-0.15, -0.1) is 0 Å². The summed E-state index contributed by atoms with van der Waals surface area (Å²) in [5.74, 6) is 0.632. The third-order valence-electron chi connectivity index (χ3n) is 4.24. The zero-order valence-electron chi connectivity index (χ0n) is 12.4. The van der Waals surface area contributed by atoms with Crippen molar-refractivity contribution in [2.24, 2.45) is 5.92 Å². The highest BCUT2D eigenvalue weighted by Gasteiger charge is 2.22. The molecule has 0 heterocycles. The Balaban J connectivity index is 2.25. The van der Waals surface area contributed by atoms with E-state index in [9.17, 15) is 8.42 Å². The minimum Gasteiger partial charge on any atom is -0.382 e. The summed E-state index contributed by atoms with van der Waals surface area (Å²) in [6.07, 6.45) is 4.94. The van der Waals surface area contributed by atoms with Gasteiger partial charge in [-0.2, -0.15) is 0 Å². The van der Waals surface area contributed by atoms with Crippen molar-refractivity contribution in [1.29, 1.82) is 0 Å². The topological polar surface area (TPSA) is 58.2 Å². The molecule has 5 heteroatoms. The number of nitrogens with one attached hydrogen (secondary N) is 2. The first-order chi connectivity index (χ1) is 9.44. The van der Waals surface area contributed by atoms with E-state index in [2.05, 4.69) is 17.0 Å². The van der Waals surface area contributed by atoms with Crippen molar-refractivity contribution in [3.8, 4) is 0 Å². The Morgan fingerprint density at radius 3 is 2.55 bits per heavy atom. The fourth-order valence-electron chi connectivity index (χ4n) is 2.77. The lowest BCUT2D eigenvalue weighted by Crippen LogP contribution is -2.30. The molecule has 1 saturated carbocycles. The summed E-state index contributed by atoms with van der Waals surface area (Å²) in [6.45, 7) is 4.27. The molecule has 0 aliphatic heterocycles. The zero-order chi connectivity index (χ0) is 14.8. The van der Waals surface area contributed by atoms with E-state index in [-0.39, 0.29) is 0 Å². The number of benzene rings is 1. The molecule has 1 aliphatic rings. The largest absolute Gasteiger partial charge is 0.382 e. The van der Waals surface area contributed by atoms with Gasteiger partial charge in [-0.05, 0) is 50.4 Å². The Kier molecular flexibility index (Phi) is 4.70. The van der Waals surface area contributed by atoms with Crippen LogP contribution in [0.25, 0.3) is 0 Å². The van der Waals surface area contributed by atoms with Crippen LogP contribution in [-0.2, 0) is 10.0 Å². The van der Waals surface area contributed by atoms with Crippen molar-refractivity contribution in [2.75, 3.05) is 12.4 Å². The highest BCUT2D eigenvalue weighted by atomic mass is 32.2. The predicted molar refractivity (Wildman–Crippen MR) is 82.5 cm³/mol. The lowest BCUT2D eigenvalue weighted by Gasteiger charge is -2.31. The second-order valence-corrected chi connectivity index (χ2v) is 7.58.